The summed E-state index contributed by atoms with van der Waals surface area (Å²) >= 11 is 0. The summed E-state index contributed by atoms with van der Waals surface area (Å²) in [7, 11) is -4.77. The van der Waals surface area contributed by atoms with E-state index in [0.29, 0.717) is 11.1 Å². The molecular formula is C55H81F2N7O14S2. The summed E-state index contributed by atoms with van der Waals surface area (Å²) in [5.41, 5.74) is -0.514. The molecule has 446 valence electrons. The number of fused-ring (bicyclic) bond motifs is 2. The molecule has 21 nitrogen and oxygen atoms in total. The summed E-state index contributed by atoms with van der Waals surface area (Å²) in [5, 5.41) is 2.85. The van der Waals surface area contributed by atoms with Gasteiger partial charge in [0, 0.05) is 64.7 Å². The van der Waals surface area contributed by atoms with Crippen molar-refractivity contribution in [2.45, 2.75) is 179 Å². The van der Waals surface area contributed by atoms with Gasteiger partial charge in [-0.2, -0.15) is 8.61 Å². The van der Waals surface area contributed by atoms with Crippen molar-refractivity contribution in [3.63, 3.8) is 0 Å². The molecule has 80 heavy (non-hydrogen) atoms. The first kappa shape index (κ1) is 63.8. The van der Waals surface area contributed by atoms with E-state index in [9.17, 15) is 44.8 Å². The lowest BCUT2D eigenvalue weighted by molar-refractivity contribution is -0.142. The maximum Gasteiger partial charge on any atom is 0.410 e. The number of ketones is 1. The molecule has 4 fully saturated rings. The Morgan fingerprint density at radius 2 is 1.04 bits per heavy atom. The summed E-state index contributed by atoms with van der Waals surface area (Å²) in [6.45, 7) is 13.2. The van der Waals surface area contributed by atoms with Crippen LogP contribution in [0.4, 0.5) is 18.4 Å². The first-order chi connectivity index (χ1) is 37.1. The van der Waals surface area contributed by atoms with Crippen LogP contribution < -0.4 is 5.32 Å². The minimum absolute atomic E-state index is 0.00477. The number of sulfonamides is 2. The maximum absolute atomic E-state index is 15.1. The molecule has 4 heterocycles. The molecule has 0 bridgehead atoms. The number of likely N-dealkylation sites (tertiary alicyclic amines) is 2. The number of nitrogens with one attached hydrogen (secondary N) is 1. The Morgan fingerprint density at radius 3 is 1.45 bits per heavy atom. The number of carbonyl (C=O) groups excluding carboxylic acids is 6. The number of likely N-dealkylation sites (N-methyl/N-ethyl adjacent to an activating group) is 2. The maximum atomic E-state index is 15.1. The number of Topliss-reactive ketones (excluding diaryl/α,β-unsaturated/α-hetero) is 1. The third kappa shape index (κ3) is 16.2. The zero-order chi connectivity index (χ0) is 59.4. The van der Waals surface area contributed by atoms with Gasteiger partial charge in [0.2, 0.25) is 37.8 Å². The number of unbranched alkanes of at least 4 members (excludes halogenated alkanes) is 1. The zero-order valence-corrected chi connectivity index (χ0v) is 49.7. The van der Waals surface area contributed by atoms with Gasteiger partial charge in [0.1, 0.15) is 34.9 Å². The second-order valence-corrected chi connectivity index (χ2v) is 27.5. The third-order valence-electron chi connectivity index (χ3n) is 15.3. The number of ether oxygens (including phenoxy) is 4. The SMILES string of the molecule is C[C@@H](C(=O)C[C@@H](CCCC[C@H](NC(=O)[C@H](C)N(C)C(=O)OC(C)(C)C)C(=O)N1CC[C@@H]2[C@H]1[C@@H](OCc1ccc(F)cc1)CN2S(C)(=O)=O)C(=O)N1CC[C@@H]2[C@H]1[C@@H](OCc1ccc(F)cc1)CN2S(C)(=O)=O)N(C)C(=O)OC(C)(C)C. The Morgan fingerprint density at radius 1 is 0.637 bits per heavy atom. The van der Waals surface area contributed by atoms with E-state index in [1.165, 1.54) is 77.9 Å². The summed E-state index contributed by atoms with van der Waals surface area (Å²) in [6, 6.07) is 5.01. The second-order valence-electron chi connectivity index (χ2n) is 23.6. The number of halogens is 2. The highest BCUT2D eigenvalue weighted by Gasteiger charge is 2.56. The standard InChI is InChI=1S/C55H81F2N7O14S2/c1-34(59(9)52(69)77-54(3,4)5)44(65)29-38(50(67)61-27-25-42-47(61)45(30-63(42)79(11,71)72)75-32-36-17-21-39(56)22-18-36)15-13-14-16-41(58-49(66)35(2)60(10)53(70)78-55(6,7)8)51(68)62-28-26-43-48(62)46(31-64(43)80(12,73)74)76-33-37-19-23-40(57)24-20-37/h17-24,34-35,38,41-43,45-48H,13-16,25-33H2,1-12H3,(H,58,66)/t34-,35-,38+,41-,42+,43+,45-,46-,47-,48-/m0/s1. The average molecular weight is 1170 g/mol. The van der Waals surface area contributed by atoms with Crippen LogP contribution >= 0.6 is 0 Å². The molecule has 2 aromatic carbocycles. The van der Waals surface area contributed by atoms with E-state index in [4.69, 9.17) is 18.9 Å². The van der Waals surface area contributed by atoms with Gasteiger partial charge in [-0.15, -0.1) is 0 Å². The first-order valence-corrected chi connectivity index (χ1v) is 30.9. The molecule has 0 unspecified atom stereocenters. The summed E-state index contributed by atoms with van der Waals surface area (Å²) in [6.07, 6.45) is -0.313. The fraction of sp³-hybridized carbons (Fsp3) is 0.673. The number of nitrogens with zero attached hydrogens (tertiary/aromatic N) is 6. The van der Waals surface area contributed by atoms with Gasteiger partial charge in [0.05, 0.1) is 56.1 Å². The largest absolute Gasteiger partial charge is 0.444 e. The Hall–Kier alpha value is -5.34. The van der Waals surface area contributed by atoms with Gasteiger partial charge in [0.15, 0.2) is 5.78 Å². The average Bonchev–Trinajstić information content (AvgIpc) is 4.37. The van der Waals surface area contributed by atoms with E-state index >= 15 is 9.59 Å². The molecule has 4 aliphatic rings. The number of amides is 5. The van der Waals surface area contributed by atoms with Crippen molar-refractivity contribution in [1.82, 2.24) is 33.5 Å². The van der Waals surface area contributed by atoms with Crippen LogP contribution in [0.25, 0.3) is 0 Å². The Kier molecular flexibility index (Phi) is 20.6. The van der Waals surface area contributed by atoms with Crippen LogP contribution in [0.2, 0.25) is 0 Å². The number of hydrogen-bond acceptors (Lipinski definition) is 14. The quantitative estimate of drug-likeness (QED) is 0.152. The molecular weight excluding hydrogens is 1080 g/mol. The highest BCUT2D eigenvalue weighted by molar-refractivity contribution is 7.88. The highest BCUT2D eigenvalue weighted by Crippen LogP contribution is 2.39. The summed E-state index contributed by atoms with van der Waals surface area (Å²) in [5.74, 6) is -4.06. The molecule has 5 amide bonds. The number of benzene rings is 2. The number of rotatable bonds is 22. The van der Waals surface area contributed by atoms with Gasteiger partial charge < -0.3 is 39.0 Å². The predicted molar refractivity (Wildman–Crippen MR) is 291 cm³/mol. The lowest BCUT2D eigenvalue weighted by Crippen LogP contribution is -2.56. The van der Waals surface area contributed by atoms with Gasteiger partial charge in [0.25, 0.3) is 0 Å². The van der Waals surface area contributed by atoms with Crippen LogP contribution in [0.3, 0.4) is 0 Å². The first-order valence-electron chi connectivity index (χ1n) is 27.2. The fourth-order valence-electron chi connectivity index (χ4n) is 10.9. The zero-order valence-electron chi connectivity index (χ0n) is 48.1. The molecule has 0 aromatic heterocycles. The van der Waals surface area contributed by atoms with Crippen LogP contribution in [0.5, 0.6) is 0 Å². The Bertz CT molecular complexity index is 2590. The lowest BCUT2D eigenvalue weighted by Gasteiger charge is -2.33. The minimum atomic E-state index is -3.79. The molecule has 6 rings (SSSR count). The van der Waals surface area contributed by atoms with Crippen LogP contribution in [-0.4, -0.2) is 199 Å². The number of hydrogen-bond donors (Lipinski definition) is 1. The molecule has 0 aliphatic carbocycles. The van der Waals surface area contributed by atoms with E-state index in [-0.39, 0.29) is 84.3 Å². The van der Waals surface area contributed by atoms with Crippen LogP contribution in [0.1, 0.15) is 111 Å². The van der Waals surface area contributed by atoms with Gasteiger partial charge in [-0.3, -0.25) is 24.1 Å². The van der Waals surface area contributed by atoms with Crippen molar-refractivity contribution in [2.24, 2.45) is 5.92 Å². The third-order valence-corrected chi connectivity index (χ3v) is 17.9. The normalized spacial score (nSPS) is 23.2. The fourth-order valence-corrected chi connectivity index (χ4v) is 13.2. The second kappa shape index (κ2) is 25.8. The van der Waals surface area contributed by atoms with Crippen LogP contribution in [0, 0.1) is 17.6 Å². The topological polar surface area (TPSA) is 239 Å². The van der Waals surface area contributed by atoms with E-state index in [0.717, 1.165) is 22.3 Å². The molecule has 0 saturated carbocycles. The molecule has 4 saturated heterocycles. The van der Waals surface area contributed by atoms with Gasteiger partial charge in [-0.1, -0.05) is 37.1 Å². The van der Waals surface area contributed by atoms with Gasteiger partial charge in [-0.05, 0) is 116 Å². The van der Waals surface area contributed by atoms with E-state index < -0.39 is 139 Å². The molecule has 4 aliphatic heterocycles. The van der Waals surface area contributed by atoms with Crippen molar-refractivity contribution in [1.29, 1.82) is 0 Å². The summed E-state index contributed by atoms with van der Waals surface area (Å²) in [4.78, 5) is 90.3. The lowest BCUT2D eigenvalue weighted by atomic mass is 9.91. The minimum Gasteiger partial charge on any atom is -0.444 e. The predicted octanol–water partition coefficient (Wildman–Crippen LogP) is 5.06. The van der Waals surface area contributed by atoms with E-state index in [2.05, 4.69) is 5.32 Å². The highest BCUT2D eigenvalue weighted by atomic mass is 32.2. The molecule has 0 spiro atoms. The Balaban J connectivity index is 1.27. The van der Waals surface area contributed by atoms with Gasteiger partial charge in [-0.25, -0.2) is 35.2 Å². The van der Waals surface area contributed by atoms with E-state index in [1.54, 1.807) is 58.6 Å². The van der Waals surface area contributed by atoms with E-state index in [1.807, 2.05) is 0 Å². The molecule has 10 atom stereocenters. The smallest absolute Gasteiger partial charge is 0.410 e. The van der Waals surface area contributed by atoms with Crippen molar-refractivity contribution in [3.8, 4) is 0 Å². The van der Waals surface area contributed by atoms with Crippen LogP contribution in [0.15, 0.2) is 48.5 Å². The molecule has 0 radical (unpaired) electrons. The monoisotopic (exact) mass is 1170 g/mol. The Labute approximate surface area is 470 Å². The molecule has 25 heteroatoms. The molecule has 2 aromatic rings. The van der Waals surface area contributed by atoms with Crippen molar-refractivity contribution in [3.05, 3.63) is 71.3 Å². The molecule has 1 N–H and O–H groups in total. The van der Waals surface area contributed by atoms with Crippen LogP contribution in [-0.2, 0) is 71.4 Å². The van der Waals surface area contributed by atoms with Gasteiger partial charge >= 0.3 is 12.2 Å². The van der Waals surface area contributed by atoms with Crippen molar-refractivity contribution < 1.29 is 73.3 Å². The van der Waals surface area contributed by atoms with Crippen molar-refractivity contribution in [2.75, 3.05) is 52.8 Å². The summed E-state index contributed by atoms with van der Waals surface area (Å²) < 4.78 is 107. The number of carbonyl (C=O) groups is 6. The van der Waals surface area contributed by atoms with Crippen molar-refractivity contribution >= 4 is 55.7 Å².